The fraction of sp³-hybridized carbons (Fsp3) is 0.429. The first kappa shape index (κ1) is 11.3. The van der Waals surface area contributed by atoms with Crippen LogP contribution >= 0.6 is 0 Å². The van der Waals surface area contributed by atoms with Crippen LogP contribution in [-0.4, -0.2) is 29.4 Å². The standard InChI is InChI=1S/C7H9N5O2S/c1-5-6(2)10-11-7(9-5)12-15(13,14)4-3-8/h4H2,1-2H3,(H,9,11,12). The number of aromatic nitrogens is 3. The fourth-order valence-electron chi connectivity index (χ4n) is 0.760. The lowest BCUT2D eigenvalue weighted by Crippen LogP contribution is -2.18. The Labute approximate surface area is 87.2 Å². The van der Waals surface area contributed by atoms with Crippen molar-refractivity contribution in [3.8, 4) is 6.07 Å². The molecular formula is C7H9N5O2S. The van der Waals surface area contributed by atoms with E-state index in [0.717, 1.165) is 0 Å². The van der Waals surface area contributed by atoms with Crippen LogP contribution in [0.1, 0.15) is 11.4 Å². The number of aryl methyl sites for hydroxylation is 2. The molecule has 0 bridgehead atoms. The van der Waals surface area contributed by atoms with Crippen LogP contribution in [0.3, 0.4) is 0 Å². The molecule has 1 aromatic heterocycles. The van der Waals surface area contributed by atoms with Gasteiger partial charge in [-0.05, 0) is 13.8 Å². The average molecular weight is 227 g/mol. The summed E-state index contributed by atoms with van der Waals surface area (Å²) >= 11 is 0. The Balaban J connectivity index is 2.92. The zero-order chi connectivity index (χ0) is 11.5. The maximum Gasteiger partial charge on any atom is 0.256 e. The van der Waals surface area contributed by atoms with E-state index in [0.29, 0.717) is 11.4 Å². The van der Waals surface area contributed by atoms with Crippen molar-refractivity contribution >= 4 is 16.0 Å². The monoisotopic (exact) mass is 227 g/mol. The third kappa shape index (κ3) is 3.14. The number of nitrogens with one attached hydrogen (secondary N) is 1. The molecule has 7 nitrogen and oxygen atoms in total. The molecular weight excluding hydrogens is 218 g/mol. The quantitative estimate of drug-likeness (QED) is 0.762. The van der Waals surface area contributed by atoms with Crippen LogP contribution in [0.4, 0.5) is 5.95 Å². The highest BCUT2D eigenvalue weighted by molar-refractivity contribution is 7.92. The number of nitrogens with zero attached hydrogens (tertiary/aromatic N) is 4. The second-order valence-corrected chi connectivity index (χ2v) is 4.55. The Morgan fingerprint density at radius 3 is 2.53 bits per heavy atom. The van der Waals surface area contributed by atoms with E-state index in [-0.39, 0.29) is 5.95 Å². The first-order valence-corrected chi connectivity index (χ1v) is 5.65. The van der Waals surface area contributed by atoms with Crippen molar-refractivity contribution in [3.05, 3.63) is 11.4 Å². The van der Waals surface area contributed by atoms with Gasteiger partial charge in [-0.15, -0.1) is 5.10 Å². The van der Waals surface area contributed by atoms with Gasteiger partial charge in [0.1, 0.15) is 0 Å². The van der Waals surface area contributed by atoms with Crippen LogP contribution in [0.5, 0.6) is 0 Å². The molecule has 1 aromatic rings. The van der Waals surface area contributed by atoms with Crippen LogP contribution < -0.4 is 4.72 Å². The van der Waals surface area contributed by atoms with Gasteiger partial charge < -0.3 is 0 Å². The highest BCUT2D eigenvalue weighted by Gasteiger charge is 2.12. The molecule has 1 rings (SSSR count). The Morgan fingerprint density at radius 2 is 2.00 bits per heavy atom. The summed E-state index contributed by atoms with van der Waals surface area (Å²) in [6.45, 7) is 3.40. The molecule has 1 N–H and O–H groups in total. The van der Waals surface area contributed by atoms with Crippen molar-refractivity contribution in [3.63, 3.8) is 0 Å². The second kappa shape index (κ2) is 4.18. The Hall–Kier alpha value is -1.75. The van der Waals surface area contributed by atoms with Crippen LogP contribution in [-0.2, 0) is 10.0 Å². The van der Waals surface area contributed by atoms with Gasteiger partial charge in [-0.25, -0.2) is 18.1 Å². The van der Waals surface area contributed by atoms with E-state index in [1.807, 2.05) is 0 Å². The van der Waals surface area contributed by atoms with Crippen molar-refractivity contribution in [2.75, 3.05) is 10.5 Å². The van der Waals surface area contributed by atoms with E-state index in [2.05, 4.69) is 19.9 Å². The molecule has 1 heterocycles. The van der Waals surface area contributed by atoms with Crippen molar-refractivity contribution in [1.29, 1.82) is 5.26 Å². The highest BCUT2D eigenvalue weighted by atomic mass is 32.2. The van der Waals surface area contributed by atoms with Crippen molar-refractivity contribution < 1.29 is 8.42 Å². The molecule has 15 heavy (non-hydrogen) atoms. The molecule has 0 saturated heterocycles. The predicted molar refractivity (Wildman–Crippen MR) is 52.3 cm³/mol. The van der Waals surface area contributed by atoms with Gasteiger partial charge in [-0.2, -0.15) is 10.4 Å². The minimum Gasteiger partial charge on any atom is -0.249 e. The highest BCUT2D eigenvalue weighted by Crippen LogP contribution is 2.03. The maximum atomic E-state index is 11.2. The van der Waals surface area contributed by atoms with Crippen molar-refractivity contribution in [2.24, 2.45) is 0 Å². The normalized spacial score (nSPS) is 10.7. The van der Waals surface area contributed by atoms with E-state index in [1.54, 1.807) is 13.8 Å². The summed E-state index contributed by atoms with van der Waals surface area (Å²) in [5, 5.41) is 15.5. The van der Waals surface area contributed by atoms with Crippen LogP contribution in [0.15, 0.2) is 0 Å². The van der Waals surface area contributed by atoms with Crippen LogP contribution in [0.2, 0.25) is 0 Å². The number of nitriles is 1. The number of hydrogen-bond donors (Lipinski definition) is 1. The zero-order valence-corrected chi connectivity index (χ0v) is 9.04. The van der Waals surface area contributed by atoms with Crippen LogP contribution in [0, 0.1) is 25.2 Å². The molecule has 8 heteroatoms. The van der Waals surface area contributed by atoms with Gasteiger partial charge in [-0.1, -0.05) is 0 Å². The summed E-state index contributed by atoms with van der Waals surface area (Å²) < 4.78 is 24.4. The molecule has 0 saturated carbocycles. The topological polar surface area (TPSA) is 109 Å². The first-order chi connectivity index (χ1) is 6.94. The molecule has 80 valence electrons. The number of sulfonamides is 1. The summed E-state index contributed by atoms with van der Waals surface area (Å²) in [6, 6.07) is 1.53. The molecule has 0 amide bonds. The average Bonchev–Trinajstić information content (AvgIpc) is 2.10. The van der Waals surface area contributed by atoms with Gasteiger partial charge in [0.2, 0.25) is 10.0 Å². The first-order valence-electron chi connectivity index (χ1n) is 4.00. The maximum absolute atomic E-state index is 11.2. The zero-order valence-electron chi connectivity index (χ0n) is 8.22. The van der Waals surface area contributed by atoms with Gasteiger partial charge in [-0.3, -0.25) is 0 Å². The molecule has 0 spiro atoms. The van der Waals surface area contributed by atoms with Crippen LogP contribution in [0.25, 0.3) is 0 Å². The molecule has 0 aliphatic rings. The second-order valence-electron chi connectivity index (χ2n) is 2.83. The summed E-state index contributed by atoms with van der Waals surface area (Å²) in [4.78, 5) is 3.87. The summed E-state index contributed by atoms with van der Waals surface area (Å²) in [6.07, 6.45) is 0. The molecule has 0 fully saturated rings. The molecule has 0 unspecified atom stereocenters. The van der Waals surface area contributed by atoms with E-state index in [1.165, 1.54) is 6.07 Å². The summed E-state index contributed by atoms with van der Waals surface area (Å²) in [7, 11) is -3.69. The molecule has 0 radical (unpaired) electrons. The van der Waals surface area contributed by atoms with Gasteiger partial charge in [0, 0.05) is 0 Å². The lowest BCUT2D eigenvalue weighted by molar-refractivity contribution is 0.603. The third-order valence-corrected chi connectivity index (χ3v) is 2.60. The van der Waals surface area contributed by atoms with E-state index in [4.69, 9.17) is 5.26 Å². The third-order valence-electron chi connectivity index (χ3n) is 1.59. The lowest BCUT2D eigenvalue weighted by Gasteiger charge is -2.03. The van der Waals surface area contributed by atoms with E-state index >= 15 is 0 Å². The lowest BCUT2D eigenvalue weighted by atomic mass is 10.4. The molecule has 0 aliphatic heterocycles. The van der Waals surface area contributed by atoms with Gasteiger partial charge in [0.15, 0.2) is 5.75 Å². The number of anilines is 1. The minimum absolute atomic E-state index is 0.117. The Kier molecular flexibility index (Phi) is 3.16. The number of hydrogen-bond acceptors (Lipinski definition) is 6. The number of rotatable bonds is 3. The smallest absolute Gasteiger partial charge is 0.249 e. The van der Waals surface area contributed by atoms with Gasteiger partial charge in [0.05, 0.1) is 17.5 Å². The fourth-order valence-corrected chi connectivity index (χ4v) is 1.37. The molecule has 0 aliphatic carbocycles. The molecule has 0 aromatic carbocycles. The summed E-state index contributed by atoms with van der Waals surface area (Å²) in [5.74, 6) is -0.753. The van der Waals surface area contributed by atoms with Crippen molar-refractivity contribution in [2.45, 2.75) is 13.8 Å². The predicted octanol–water partition coefficient (Wildman–Crippen LogP) is -0.246. The van der Waals surface area contributed by atoms with Gasteiger partial charge in [0.25, 0.3) is 5.95 Å². The SMILES string of the molecule is Cc1nnc(NS(=O)(=O)CC#N)nc1C. The Bertz CT molecular complexity index is 505. The van der Waals surface area contributed by atoms with Gasteiger partial charge >= 0.3 is 0 Å². The van der Waals surface area contributed by atoms with Crippen molar-refractivity contribution in [1.82, 2.24) is 15.2 Å². The minimum atomic E-state index is -3.69. The van der Waals surface area contributed by atoms with E-state index < -0.39 is 15.8 Å². The Morgan fingerprint density at radius 1 is 1.33 bits per heavy atom. The summed E-state index contributed by atoms with van der Waals surface area (Å²) in [5.41, 5.74) is 1.21. The van der Waals surface area contributed by atoms with E-state index in [9.17, 15) is 8.42 Å². The molecule has 0 atom stereocenters. The largest absolute Gasteiger partial charge is 0.256 e.